The lowest BCUT2D eigenvalue weighted by Crippen LogP contribution is -2.28. The molecular weight excluding hydrogens is 277 g/mol. The first kappa shape index (κ1) is 15.2. The molecule has 0 bridgehead atoms. The summed E-state index contributed by atoms with van der Waals surface area (Å²) in [5.41, 5.74) is 1.31. The second-order valence-corrected chi connectivity index (χ2v) is 6.38. The molecule has 1 fully saturated rings. The van der Waals surface area contributed by atoms with Crippen molar-refractivity contribution >= 4 is 23.2 Å². The monoisotopic (exact) mass is 299 g/mol. The Labute approximate surface area is 126 Å². The summed E-state index contributed by atoms with van der Waals surface area (Å²) in [4.78, 5) is 0. The Morgan fingerprint density at radius 3 is 2.58 bits per heavy atom. The van der Waals surface area contributed by atoms with E-state index in [9.17, 15) is 0 Å². The van der Waals surface area contributed by atoms with Crippen LogP contribution in [-0.2, 0) is 6.42 Å². The molecule has 1 nitrogen and oxygen atoms in total. The Bertz CT molecular complexity index is 400. The Kier molecular flexibility index (Phi) is 6.00. The van der Waals surface area contributed by atoms with Crippen molar-refractivity contribution in [2.45, 2.75) is 39.0 Å². The van der Waals surface area contributed by atoms with Gasteiger partial charge in [0, 0.05) is 0 Å². The molecule has 1 aromatic rings. The minimum Gasteiger partial charge on any atom is -0.317 e. The van der Waals surface area contributed by atoms with Gasteiger partial charge in [-0.05, 0) is 49.0 Å². The van der Waals surface area contributed by atoms with Gasteiger partial charge in [-0.2, -0.15) is 0 Å². The van der Waals surface area contributed by atoms with E-state index in [-0.39, 0.29) is 0 Å². The first-order chi connectivity index (χ1) is 9.20. The molecule has 2 rings (SSSR count). The van der Waals surface area contributed by atoms with Gasteiger partial charge in [0.2, 0.25) is 0 Å². The zero-order chi connectivity index (χ0) is 13.7. The SMILES string of the molecule is CCNCC(Cc1ccc(Cl)c(Cl)c1)C1CCCC1. The van der Waals surface area contributed by atoms with Crippen molar-refractivity contribution in [3.8, 4) is 0 Å². The van der Waals surface area contributed by atoms with Crippen LogP contribution in [0.1, 0.15) is 38.2 Å². The average molecular weight is 300 g/mol. The summed E-state index contributed by atoms with van der Waals surface area (Å²) in [6, 6.07) is 6.05. The summed E-state index contributed by atoms with van der Waals surface area (Å²) >= 11 is 12.1. The number of halogens is 2. The van der Waals surface area contributed by atoms with Crippen molar-refractivity contribution in [3.63, 3.8) is 0 Å². The molecule has 106 valence electrons. The summed E-state index contributed by atoms with van der Waals surface area (Å²) in [5, 5.41) is 4.83. The lowest BCUT2D eigenvalue weighted by Gasteiger charge is -2.24. The van der Waals surface area contributed by atoms with Crippen LogP contribution in [0.3, 0.4) is 0 Å². The molecule has 0 aliphatic heterocycles. The minimum atomic E-state index is 0.648. The molecule has 0 aromatic heterocycles. The van der Waals surface area contributed by atoms with Gasteiger partial charge >= 0.3 is 0 Å². The van der Waals surface area contributed by atoms with Gasteiger partial charge in [0.05, 0.1) is 10.0 Å². The number of nitrogens with one attached hydrogen (secondary N) is 1. The Morgan fingerprint density at radius 1 is 1.21 bits per heavy atom. The second-order valence-electron chi connectivity index (χ2n) is 5.56. The number of hydrogen-bond donors (Lipinski definition) is 1. The zero-order valence-electron chi connectivity index (χ0n) is 11.6. The molecule has 0 amide bonds. The third-order valence-electron chi connectivity index (χ3n) is 4.20. The zero-order valence-corrected chi connectivity index (χ0v) is 13.1. The van der Waals surface area contributed by atoms with Crippen molar-refractivity contribution in [1.29, 1.82) is 0 Å². The molecule has 1 aliphatic rings. The summed E-state index contributed by atoms with van der Waals surface area (Å²) in [7, 11) is 0. The topological polar surface area (TPSA) is 12.0 Å². The lowest BCUT2D eigenvalue weighted by atomic mass is 9.85. The maximum Gasteiger partial charge on any atom is 0.0595 e. The molecular formula is C16H23Cl2N. The highest BCUT2D eigenvalue weighted by Crippen LogP contribution is 2.34. The summed E-state index contributed by atoms with van der Waals surface area (Å²) in [6.07, 6.45) is 6.67. The van der Waals surface area contributed by atoms with Gasteiger partial charge in [0.15, 0.2) is 0 Å². The van der Waals surface area contributed by atoms with Crippen LogP contribution in [0.25, 0.3) is 0 Å². The second kappa shape index (κ2) is 7.52. The summed E-state index contributed by atoms with van der Waals surface area (Å²) in [6.45, 7) is 4.33. The fourth-order valence-corrected chi connectivity index (χ4v) is 3.45. The van der Waals surface area contributed by atoms with Crippen molar-refractivity contribution < 1.29 is 0 Å². The first-order valence-corrected chi connectivity index (χ1v) is 8.11. The van der Waals surface area contributed by atoms with E-state index in [1.165, 1.54) is 31.2 Å². The van der Waals surface area contributed by atoms with Crippen LogP contribution in [0.4, 0.5) is 0 Å². The van der Waals surface area contributed by atoms with Gasteiger partial charge in [-0.25, -0.2) is 0 Å². The van der Waals surface area contributed by atoms with Crippen LogP contribution in [0.5, 0.6) is 0 Å². The molecule has 1 aromatic carbocycles. The Balaban J connectivity index is 2.03. The van der Waals surface area contributed by atoms with Crippen LogP contribution in [0.15, 0.2) is 18.2 Å². The highest BCUT2D eigenvalue weighted by atomic mass is 35.5. The third-order valence-corrected chi connectivity index (χ3v) is 4.94. The van der Waals surface area contributed by atoms with E-state index in [0.717, 1.165) is 31.3 Å². The molecule has 1 unspecified atom stereocenters. The van der Waals surface area contributed by atoms with Gasteiger partial charge in [-0.3, -0.25) is 0 Å². The molecule has 1 N–H and O–H groups in total. The molecule has 0 saturated heterocycles. The largest absolute Gasteiger partial charge is 0.317 e. The van der Waals surface area contributed by atoms with Crippen molar-refractivity contribution in [2.24, 2.45) is 11.8 Å². The first-order valence-electron chi connectivity index (χ1n) is 7.35. The van der Waals surface area contributed by atoms with Crippen LogP contribution in [0.2, 0.25) is 10.0 Å². The van der Waals surface area contributed by atoms with Crippen molar-refractivity contribution in [3.05, 3.63) is 33.8 Å². The molecule has 0 heterocycles. The van der Waals surface area contributed by atoms with E-state index >= 15 is 0 Å². The van der Waals surface area contributed by atoms with Crippen LogP contribution < -0.4 is 5.32 Å². The normalized spacial score (nSPS) is 17.8. The standard InChI is InChI=1S/C16H23Cl2N/c1-2-19-11-14(13-5-3-4-6-13)9-12-7-8-15(17)16(18)10-12/h7-8,10,13-14,19H,2-6,9,11H2,1H3. The van der Waals surface area contributed by atoms with Gasteiger partial charge in [-0.1, -0.05) is 61.9 Å². The smallest absolute Gasteiger partial charge is 0.0595 e. The van der Waals surface area contributed by atoms with Crippen LogP contribution in [0, 0.1) is 11.8 Å². The maximum absolute atomic E-state index is 6.11. The highest BCUT2D eigenvalue weighted by molar-refractivity contribution is 6.42. The summed E-state index contributed by atoms with van der Waals surface area (Å²) < 4.78 is 0. The van der Waals surface area contributed by atoms with E-state index in [2.05, 4.69) is 18.3 Å². The average Bonchev–Trinajstić information content (AvgIpc) is 2.92. The highest BCUT2D eigenvalue weighted by Gasteiger charge is 2.24. The Hall–Kier alpha value is -0.240. The van der Waals surface area contributed by atoms with E-state index < -0.39 is 0 Å². The number of hydrogen-bond acceptors (Lipinski definition) is 1. The van der Waals surface area contributed by atoms with Crippen molar-refractivity contribution in [1.82, 2.24) is 5.32 Å². The molecule has 1 aliphatic carbocycles. The minimum absolute atomic E-state index is 0.648. The molecule has 0 spiro atoms. The fourth-order valence-electron chi connectivity index (χ4n) is 3.13. The summed E-state index contributed by atoms with van der Waals surface area (Å²) in [5.74, 6) is 1.59. The molecule has 1 atom stereocenters. The maximum atomic E-state index is 6.11. The van der Waals surface area contributed by atoms with E-state index in [0.29, 0.717) is 10.0 Å². The molecule has 0 radical (unpaired) electrons. The van der Waals surface area contributed by atoms with Gasteiger partial charge in [0.1, 0.15) is 0 Å². The third kappa shape index (κ3) is 4.37. The molecule has 19 heavy (non-hydrogen) atoms. The molecule has 3 heteroatoms. The fraction of sp³-hybridized carbons (Fsp3) is 0.625. The van der Waals surface area contributed by atoms with Crippen LogP contribution in [-0.4, -0.2) is 13.1 Å². The van der Waals surface area contributed by atoms with Gasteiger partial charge < -0.3 is 5.32 Å². The van der Waals surface area contributed by atoms with E-state index in [1.54, 1.807) is 0 Å². The predicted molar refractivity (Wildman–Crippen MR) is 84.2 cm³/mol. The van der Waals surface area contributed by atoms with Crippen molar-refractivity contribution in [2.75, 3.05) is 13.1 Å². The van der Waals surface area contributed by atoms with Gasteiger partial charge in [0.25, 0.3) is 0 Å². The number of rotatable bonds is 6. The predicted octanol–water partition coefficient (Wildman–Crippen LogP) is 4.95. The van der Waals surface area contributed by atoms with Crippen LogP contribution >= 0.6 is 23.2 Å². The molecule has 1 saturated carbocycles. The quantitative estimate of drug-likeness (QED) is 0.783. The van der Waals surface area contributed by atoms with E-state index in [4.69, 9.17) is 23.2 Å². The Morgan fingerprint density at radius 2 is 1.95 bits per heavy atom. The van der Waals surface area contributed by atoms with Gasteiger partial charge in [-0.15, -0.1) is 0 Å². The lowest BCUT2D eigenvalue weighted by molar-refractivity contribution is 0.323. The van der Waals surface area contributed by atoms with E-state index in [1.807, 2.05) is 12.1 Å². The number of benzene rings is 1.